The molecular formula is C31H33N5O5. The number of para-hydroxylation sites is 1. The zero-order valence-corrected chi connectivity index (χ0v) is 23.3. The number of fused-ring (bicyclic) bond motifs is 2. The molecule has 3 aromatic carbocycles. The summed E-state index contributed by atoms with van der Waals surface area (Å²) in [5.41, 5.74) is 3.97. The number of unbranched alkanes of at least 4 members (excludes halogenated alkanes) is 1. The fraction of sp³-hybridized carbons (Fsp3) is 0.290. The van der Waals surface area contributed by atoms with Crippen LogP contribution in [0.2, 0.25) is 0 Å². The van der Waals surface area contributed by atoms with Gasteiger partial charge in [0, 0.05) is 18.7 Å². The molecule has 2 heterocycles. The number of benzene rings is 3. The highest BCUT2D eigenvalue weighted by Gasteiger charge is 2.21. The summed E-state index contributed by atoms with van der Waals surface area (Å²) in [6, 6.07) is 17.3. The number of carbonyl (C=O) groups excluding carboxylic acids is 2. The molecule has 0 saturated heterocycles. The van der Waals surface area contributed by atoms with Gasteiger partial charge in [-0.25, -0.2) is 14.8 Å². The molecule has 10 heteroatoms. The van der Waals surface area contributed by atoms with Gasteiger partial charge in [0.25, 0.3) is 5.91 Å². The number of aromatic amines is 1. The van der Waals surface area contributed by atoms with Gasteiger partial charge in [0.05, 0.1) is 41.1 Å². The Bertz CT molecular complexity index is 1710. The van der Waals surface area contributed by atoms with Crippen LogP contribution >= 0.6 is 0 Å². The van der Waals surface area contributed by atoms with Crippen LogP contribution in [0.3, 0.4) is 0 Å². The number of hydrogen-bond acceptors (Lipinski definition) is 7. The summed E-state index contributed by atoms with van der Waals surface area (Å²) < 4.78 is 13.1. The standard InChI is InChI=1S/C31H33N5O5/c1-4-5-15-41-31(39)22-8-6-7-9-27(22)40-16-14-32-30(38)20-10-12-24-26(17-20)36(3)29(35-24)19(2)28-33-23-13-11-21(37)18-25(23)34-28/h6-13,17-19,37H,4-5,14-16H2,1-3H3,(H,32,38)(H,33,34). The summed E-state index contributed by atoms with van der Waals surface area (Å²) in [6.45, 7) is 4.85. The largest absolute Gasteiger partial charge is 0.508 e. The number of hydrogen-bond donors (Lipinski definition) is 3. The van der Waals surface area contributed by atoms with Crippen LogP contribution in [0.25, 0.3) is 22.1 Å². The number of phenolic OH excluding ortho intramolecular Hbond substituents is 1. The maximum absolute atomic E-state index is 12.9. The van der Waals surface area contributed by atoms with Crippen LogP contribution in [0, 0.1) is 0 Å². The van der Waals surface area contributed by atoms with Crippen LogP contribution in [0.15, 0.2) is 60.7 Å². The van der Waals surface area contributed by atoms with Gasteiger partial charge in [-0.15, -0.1) is 0 Å². The number of aromatic hydroxyl groups is 1. The van der Waals surface area contributed by atoms with Crippen LogP contribution in [0.5, 0.6) is 11.5 Å². The molecule has 0 spiro atoms. The van der Waals surface area contributed by atoms with Gasteiger partial charge < -0.3 is 29.4 Å². The van der Waals surface area contributed by atoms with E-state index in [9.17, 15) is 14.7 Å². The number of aryl methyl sites for hydroxylation is 1. The minimum absolute atomic E-state index is 0.150. The minimum Gasteiger partial charge on any atom is -0.508 e. The third kappa shape index (κ3) is 6.01. The maximum atomic E-state index is 12.9. The number of aromatic nitrogens is 4. The number of ether oxygens (including phenoxy) is 2. The second-order valence-corrected chi connectivity index (χ2v) is 9.87. The van der Waals surface area contributed by atoms with Crippen molar-refractivity contribution in [2.24, 2.45) is 7.05 Å². The van der Waals surface area contributed by atoms with Crippen molar-refractivity contribution in [1.29, 1.82) is 0 Å². The van der Waals surface area contributed by atoms with Gasteiger partial charge in [-0.3, -0.25) is 4.79 Å². The first kappa shape index (κ1) is 27.7. The first-order valence-electron chi connectivity index (χ1n) is 13.7. The van der Waals surface area contributed by atoms with Crippen molar-refractivity contribution in [3.05, 3.63) is 83.4 Å². The summed E-state index contributed by atoms with van der Waals surface area (Å²) in [5.74, 6) is 1.31. The third-order valence-corrected chi connectivity index (χ3v) is 6.94. The molecule has 0 aliphatic rings. The molecule has 5 aromatic rings. The van der Waals surface area contributed by atoms with Gasteiger partial charge in [0.15, 0.2) is 0 Å². The second-order valence-electron chi connectivity index (χ2n) is 9.87. The average Bonchev–Trinajstić information content (AvgIpc) is 3.55. The number of H-pyrrole nitrogens is 1. The lowest BCUT2D eigenvalue weighted by atomic mass is 10.1. The summed E-state index contributed by atoms with van der Waals surface area (Å²) in [4.78, 5) is 38.0. The third-order valence-electron chi connectivity index (χ3n) is 6.94. The number of rotatable bonds is 11. The zero-order valence-electron chi connectivity index (χ0n) is 23.3. The average molecular weight is 556 g/mol. The Kier molecular flexibility index (Phi) is 8.19. The van der Waals surface area contributed by atoms with Crippen LogP contribution in [-0.4, -0.2) is 56.3 Å². The molecule has 0 radical (unpaired) electrons. The van der Waals surface area contributed by atoms with E-state index >= 15 is 0 Å². The van der Waals surface area contributed by atoms with E-state index in [0.717, 1.165) is 46.6 Å². The van der Waals surface area contributed by atoms with E-state index in [2.05, 4.69) is 15.3 Å². The fourth-order valence-corrected chi connectivity index (χ4v) is 4.66. The van der Waals surface area contributed by atoms with E-state index in [1.54, 1.807) is 48.5 Å². The van der Waals surface area contributed by atoms with Gasteiger partial charge in [-0.1, -0.05) is 25.5 Å². The highest BCUT2D eigenvalue weighted by molar-refractivity contribution is 5.97. The van der Waals surface area contributed by atoms with Crippen molar-refractivity contribution in [1.82, 2.24) is 24.8 Å². The predicted molar refractivity (Wildman–Crippen MR) is 155 cm³/mol. The molecule has 3 N–H and O–H groups in total. The van der Waals surface area contributed by atoms with Gasteiger partial charge in [-0.05, 0) is 55.8 Å². The number of esters is 1. The normalized spacial score (nSPS) is 12.0. The molecule has 1 amide bonds. The number of carbonyl (C=O) groups is 2. The first-order chi connectivity index (χ1) is 19.9. The summed E-state index contributed by atoms with van der Waals surface area (Å²) in [7, 11) is 1.91. The Morgan fingerprint density at radius 1 is 1.05 bits per heavy atom. The number of phenols is 1. The van der Waals surface area contributed by atoms with Crippen molar-refractivity contribution in [2.45, 2.75) is 32.6 Å². The van der Waals surface area contributed by atoms with E-state index in [-0.39, 0.29) is 30.7 Å². The molecule has 0 fully saturated rings. The fourth-order valence-electron chi connectivity index (χ4n) is 4.66. The number of amides is 1. The topological polar surface area (TPSA) is 131 Å². The van der Waals surface area contributed by atoms with Crippen molar-refractivity contribution in [3.63, 3.8) is 0 Å². The Balaban J connectivity index is 1.22. The number of nitrogens with one attached hydrogen (secondary N) is 2. The van der Waals surface area contributed by atoms with Crippen molar-refractivity contribution < 1.29 is 24.2 Å². The monoisotopic (exact) mass is 555 g/mol. The van der Waals surface area contributed by atoms with E-state index in [4.69, 9.17) is 14.5 Å². The van der Waals surface area contributed by atoms with Crippen molar-refractivity contribution >= 4 is 33.9 Å². The smallest absolute Gasteiger partial charge is 0.341 e. The molecule has 41 heavy (non-hydrogen) atoms. The van der Waals surface area contributed by atoms with Gasteiger partial charge in [-0.2, -0.15) is 0 Å². The van der Waals surface area contributed by atoms with E-state index < -0.39 is 5.97 Å². The van der Waals surface area contributed by atoms with Crippen LogP contribution in [-0.2, 0) is 11.8 Å². The quantitative estimate of drug-likeness (QED) is 0.153. The van der Waals surface area contributed by atoms with E-state index in [1.165, 1.54) is 0 Å². The van der Waals surface area contributed by atoms with Gasteiger partial charge >= 0.3 is 5.97 Å². The highest BCUT2D eigenvalue weighted by Crippen LogP contribution is 2.28. The van der Waals surface area contributed by atoms with Crippen LogP contribution in [0.1, 0.15) is 65.0 Å². The maximum Gasteiger partial charge on any atom is 0.341 e. The highest BCUT2D eigenvalue weighted by atomic mass is 16.5. The molecule has 2 aromatic heterocycles. The molecular weight excluding hydrogens is 522 g/mol. The molecule has 1 unspecified atom stereocenters. The summed E-state index contributed by atoms with van der Waals surface area (Å²) in [5, 5.41) is 12.6. The summed E-state index contributed by atoms with van der Waals surface area (Å²) >= 11 is 0. The van der Waals surface area contributed by atoms with Gasteiger partial charge in [0.1, 0.15) is 35.3 Å². The Labute approximate surface area is 237 Å². The molecule has 0 bridgehead atoms. The predicted octanol–water partition coefficient (Wildman–Crippen LogP) is 5.07. The molecule has 0 aliphatic heterocycles. The molecule has 212 valence electrons. The lowest BCUT2D eigenvalue weighted by Crippen LogP contribution is -2.28. The van der Waals surface area contributed by atoms with Crippen molar-refractivity contribution in [3.8, 4) is 11.5 Å². The molecule has 1 atom stereocenters. The molecule has 0 aliphatic carbocycles. The SMILES string of the molecule is CCCCOC(=O)c1ccccc1OCCNC(=O)c1ccc2nc(C(C)c3nc4ccc(O)cc4[nH]3)n(C)c2c1. The van der Waals surface area contributed by atoms with E-state index in [1.807, 2.05) is 37.6 Å². The van der Waals surface area contributed by atoms with E-state index in [0.29, 0.717) is 23.5 Å². The lowest BCUT2D eigenvalue weighted by Gasteiger charge is -2.12. The minimum atomic E-state index is -0.420. The number of imidazole rings is 2. The molecule has 10 nitrogen and oxygen atoms in total. The first-order valence-corrected chi connectivity index (χ1v) is 13.7. The Morgan fingerprint density at radius 2 is 1.85 bits per heavy atom. The molecule has 5 rings (SSSR count). The van der Waals surface area contributed by atoms with Crippen molar-refractivity contribution in [2.75, 3.05) is 19.8 Å². The number of nitrogens with zero attached hydrogens (tertiary/aromatic N) is 3. The summed E-state index contributed by atoms with van der Waals surface area (Å²) in [6.07, 6.45) is 1.74. The Hall–Kier alpha value is -4.86. The zero-order chi connectivity index (χ0) is 28.9. The van der Waals surface area contributed by atoms with Gasteiger partial charge in [0.2, 0.25) is 0 Å². The Morgan fingerprint density at radius 3 is 2.68 bits per heavy atom. The van der Waals surface area contributed by atoms with Crippen LogP contribution in [0.4, 0.5) is 0 Å². The second kappa shape index (κ2) is 12.1. The molecule has 0 saturated carbocycles. The lowest BCUT2D eigenvalue weighted by molar-refractivity contribution is 0.0494. The van der Waals surface area contributed by atoms with Crippen LogP contribution < -0.4 is 10.1 Å².